The van der Waals surface area contributed by atoms with Gasteiger partial charge in [-0.25, -0.2) is 4.79 Å². The van der Waals surface area contributed by atoms with Gasteiger partial charge in [0.25, 0.3) is 0 Å². The molecular weight excluding hydrogens is 745 g/mol. The van der Waals surface area contributed by atoms with E-state index in [-0.39, 0.29) is 16.5 Å². The number of ketones is 1. The van der Waals surface area contributed by atoms with E-state index >= 15 is 0 Å². The molecule has 6 rings (SSSR count). The van der Waals surface area contributed by atoms with Crippen LogP contribution in [-0.2, 0) is 28.7 Å². The number of aromatic amines is 3. The van der Waals surface area contributed by atoms with Crippen LogP contribution in [0.3, 0.4) is 0 Å². The second-order valence-electron chi connectivity index (χ2n) is 10.8. The fourth-order valence-electron chi connectivity index (χ4n) is 4.87. The predicted molar refractivity (Wildman–Crippen MR) is 175 cm³/mol. The number of aliphatic carboxylic acids is 1. The van der Waals surface area contributed by atoms with Gasteiger partial charge in [-0.1, -0.05) is 54.6 Å². The van der Waals surface area contributed by atoms with Crippen molar-refractivity contribution < 1.29 is 73.3 Å². The first kappa shape index (κ1) is 42.1. The highest BCUT2D eigenvalue weighted by Gasteiger charge is 2.49. The van der Waals surface area contributed by atoms with Crippen LogP contribution in [0.25, 0.3) is 32.7 Å². The van der Waals surface area contributed by atoms with Crippen LogP contribution in [0.4, 0.5) is 39.5 Å². The molecule has 19 heteroatoms. The Morgan fingerprint density at radius 2 is 1.04 bits per heavy atom. The maximum Gasteiger partial charge on any atom is 0.461 e. The zero-order chi connectivity index (χ0) is 40.4. The second-order valence-corrected chi connectivity index (χ2v) is 10.8. The highest BCUT2D eigenvalue weighted by molar-refractivity contribution is 6.35. The van der Waals surface area contributed by atoms with Crippen molar-refractivity contribution in [1.29, 1.82) is 0 Å². The number of H-pyrrole nitrogens is 3. The highest BCUT2D eigenvalue weighted by Crippen LogP contribution is 2.39. The normalized spacial score (nSPS) is 12.6. The van der Waals surface area contributed by atoms with Gasteiger partial charge in [0.05, 0.1) is 14.2 Å². The number of benzene rings is 3. The number of methoxy groups -OCH3 is 2. The third kappa shape index (κ3) is 10.6. The number of nitrogens with one attached hydrogen (secondary N) is 3. The molecule has 288 valence electrons. The lowest BCUT2D eigenvalue weighted by atomic mass is 9.98. The Morgan fingerprint density at radius 3 is 1.43 bits per heavy atom. The molecule has 0 aliphatic rings. The smallest absolute Gasteiger partial charge is 0.461 e. The van der Waals surface area contributed by atoms with Gasteiger partial charge in [0.15, 0.2) is 11.8 Å². The first-order valence-electron chi connectivity index (χ1n) is 15.0. The summed E-state index contributed by atoms with van der Waals surface area (Å²) in [5.74, 6) is -12.4. The zero-order valence-corrected chi connectivity index (χ0v) is 27.7. The largest absolute Gasteiger partial charge is 0.481 e. The molecule has 0 aliphatic carbocycles. The molecule has 10 nitrogen and oxygen atoms in total. The molecule has 3 aromatic carbocycles. The Bertz CT molecular complexity index is 2170. The summed E-state index contributed by atoms with van der Waals surface area (Å²) in [6.45, 7) is 0. The molecule has 2 atom stereocenters. The van der Waals surface area contributed by atoms with E-state index in [9.17, 15) is 58.7 Å². The Hall–Kier alpha value is -6.27. The summed E-state index contributed by atoms with van der Waals surface area (Å²) < 4.78 is 118. The molecule has 0 radical (unpaired) electrons. The molecule has 54 heavy (non-hydrogen) atoms. The van der Waals surface area contributed by atoms with E-state index in [0.29, 0.717) is 23.5 Å². The predicted octanol–water partition coefficient (Wildman–Crippen LogP) is 8.34. The van der Waals surface area contributed by atoms with Crippen LogP contribution in [0.2, 0.25) is 0 Å². The molecular formula is C35H28F9N3O7. The second kappa shape index (κ2) is 17.5. The Balaban J connectivity index is 0.000000202. The maximum absolute atomic E-state index is 12.9. The van der Waals surface area contributed by atoms with Crippen LogP contribution in [0, 0.1) is 0 Å². The van der Waals surface area contributed by atoms with Gasteiger partial charge in [-0.15, -0.1) is 0 Å². The minimum atomic E-state index is -5.13. The van der Waals surface area contributed by atoms with Gasteiger partial charge in [-0.2, -0.15) is 39.5 Å². The number of ether oxygens (including phenoxy) is 2. The van der Waals surface area contributed by atoms with Gasteiger partial charge in [0, 0.05) is 57.0 Å². The topological polar surface area (TPSA) is 154 Å². The minimum absolute atomic E-state index is 0.120. The van der Waals surface area contributed by atoms with Crippen molar-refractivity contribution in [2.24, 2.45) is 0 Å². The fraction of sp³-hybridized carbons (Fsp3) is 0.200. The Kier molecular flexibility index (Phi) is 13.7. The van der Waals surface area contributed by atoms with Crippen molar-refractivity contribution >= 4 is 56.4 Å². The van der Waals surface area contributed by atoms with Crippen molar-refractivity contribution in [3.8, 4) is 0 Å². The SMILES string of the molecule is COC(=O)C(=O)C(F)(F)F.COC(=O)C(c1c[nH]c2ccccc12)C(F)(F)F.O=C(O)C(c1c[nH]c2ccccc12)C(F)(F)F.c1ccc2[nH]ccc2c1. The number of fused-ring (bicyclic) bond motifs is 3. The van der Waals surface area contributed by atoms with Crippen LogP contribution >= 0.6 is 0 Å². The van der Waals surface area contributed by atoms with Gasteiger partial charge < -0.3 is 29.5 Å². The first-order chi connectivity index (χ1) is 25.2. The van der Waals surface area contributed by atoms with E-state index in [1.54, 1.807) is 36.4 Å². The van der Waals surface area contributed by atoms with Crippen LogP contribution in [0.15, 0.2) is 97.5 Å². The molecule has 0 amide bonds. The van der Waals surface area contributed by atoms with E-state index in [1.807, 2.05) is 18.3 Å². The number of hydrogen-bond donors (Lipinski definition) is 4. The zero-order valence-electron chi connectivity index (χ0n) is 27.7. The molecule has 0 saturated carbocycles. The summed E-state index contributed by atoms with van der Waals surface area (Å²) in [7, 11) is 1.64. The third-order valence-electron chi connectivity index (χ3n) is 7.29. The van der Waals surface area contributed by atoms with E-state index in [0.717, 1.165) is 13.3 Å². The van der Waals surface area contributed by atoms with E-state index in [2.05, 4.69) is 42.6 Å². The summed E-state index contributed by atoms with van der Waals surface area (Å²) in [5, 5.41) is 10.6. The average Bonchev–Trinajstić information content (AvgIpc) is 3.86. The maximum atomic E-state index is 12.9. The minimum Gasteiger partial charge on any atom is -0.481 e. The summed E-state index contributed by atoms with van der Waals surface area (Å²) in [6, 6.07) is 23.0. The first-order valence-corrected chi connectivity index (χ1v) is 15.0. The van der Waals surface area contributed by atoms with Crippen molar-refractivity contribution in [3.05, 3.63) is 109 Å². The average molecular weight is 774 g/mol. The van der Waals surface area contributed by atoms with Gasteiger partial charge in [-0.05, 0) is 29.7 Å². The monoisotopic (exact) mass is 773 g/mol. The highest BCUT2D eigenvalue weighted by atomic mass is 19.4. The Labute approximate surface area is 297 Å². The summed E-state index contributed by atoms with van der Waals surface area (Å²) in [6.07, 6.45) is -10.4. The summed E-state index contributed by atoms with van der Waals surface area (Å²) in [4.78, 5) is 50.2. The number of para-hydroxylation sites is 3. The molecule has 0 saturated heterocycles. The third-order valence-corrected chi connectivity index (χ3v) is 7.29. The van der Waals surface area contributed by atoms with Crippen LogP contribution < -0.4 is 0 Å². The molecule has 0 bridgehead atoms. The number of hydrogen-bond acceptors (Lipinski definition) is 6. The summed E-state index contributed by atoms with van der Waals surface area (Å²) >= 11 is 0. The molecule has 3 aromatic heterocycles. The molecule has 6 aromatic rings. The number of carboxylic acid groups (broad SMARTS) is 1. The number of rotatable bonds is 5. The van der Waals surface area contributed by atoms with Gasteiger partial charge >= 0.3 is 42.2 Å². The van der Waals surface area contributed by atoms with Gasteiger partial charge in [-0.3, -0.25) is 14.4 Å². The summed E-state index contributed by atoms with van der Waals surface area (Å²) in [5.41, 5.74) is 1.85. The number of esters is 2. The van der Waals surface area contributed by atoms with E-state index in [1.165, 1.54) is 29.2 Å². The van der Waals surface area contributed by atoms with E-state index < -0.39 is 54.1 Å². The van der Waals surface area contributed by atoms with E-state index in [4.69, 9.17) is 5.11 Å². The van der Waals surface area contributed by atoms with Crippen LogP contribution in [-0.4, -0.2) is 76.5 Å². The lowest BCUT2D eigenvalue weighted by molar-refractivity contribution is -0.182. The standard InChI is InChI=1S/C12H10F3NO2.C11H8F3NO2.C8H7N.C4H3F3O3/c1-18-11(17)10(12(13,14)15)8-6-16-9-5-3-2-4-7(8)9;12-11(13,14)9(10(16)17)7-5-15-8-4-2-1-3-6(7)8;1-2-4-8-7(3-1)5-6-9-8;1-10-3(9)2(8)4(5,6)7/h2-6,10,16H,1H3;1-5,9,15H,(H,16,17);1-6,9H;1H3. The molecule has 0 aliphatic heterocycles. The van der Waals surface area contributed by atoms with Crippen molar-refractivity contribution in [2.75, 3.05) is 14.2 Å². The number of alkyl halides is 9. The molecule has 0 fully saturated rings. The lowest BCUT2D eigenvalue weighted by Gasteiger charge is -2.17. The number of carboxylic acids is 1. The van der Waals surface area contributed by atoms with Crippen molar-refractivity contribution in [2.45, 2.75) is 30.4 Å². The van der Waals surface area contributed by atoms with Crippen LogP contribution in [0.1, 0.15) is 23.0 Å². The number of carbonyl (C=O) groups excluding carboxylic acids is 3. The molecule has 0 spiro atoms. The number of halogens is 9. The molecule has 3 heterocycles. The Morgan fingerprint density at radius 1 is 0.593 bits per heavy atom. The quantitative estimate of drug-likeness (QED) is 0.0780. The number of aromatic nitrogens is 3. The van der Waals surface area contributed by atoms with Crippen molar-refractivity contribution in [3.63, 3.8) is 0 Å². The van der Waals surface area contributed by atoms with Gasteiger partial charge in [0.1, 0.15) is 0 Å². The lowest BCUT2D eigenvalue weighted by Crippen LogP contribution is -2.31. The molecule has 2 unspecified atom stereocenters. The molecule has 4 N–H and O–H groups in total. The van der Waals surface area contributed by atoms with Crippen LogP contribution in [0.5, 0.6) is 0 Å². The fourth-order valence-corrected chi connectivity index (χ4v) is 4.87. The van der Waals surface area contributed by atoms with Gasteiger partial charge in [0.2, 0.25) is 0 Å². The number of Topliss-reactive ketones (excluding diaryl/α,β-unsaturated/α-hetero) is 1. The van der Waals surface area contributed by atoms with Crippen molar-refractivity contribution in [1.82, 2.24) is 15.0 Å². The number of carbonyl (C=O) groups is 4.